The summed E-state index contributed by atoms with van der Waals surface area (Å²) in [6.45, 7) is 0. The highest BCUT2D eigenvalue weighted by molar-refractivity contribution is 7.08. The highest BCUT2D eigenvalue weighted by Gasteiger charge is 1.97. The Labute approximate surface area is 61.4 Å². The standard InChI is InChI=1S/C5H4ClNOS/c6-5(7-8)4-1-2-9-3-4/h1-3,8H. The van der Waals surface area contributed by atoms with Gasteiger partial charge in [-0.25, -0.2) is 0 Å². The molecule has 4 heteroatoms. The van der Waals surface area contributed by atoms with Crippen LogP contribution in [0.1, 0.15) is 5.56 Å². The summed E-state index contributed by atoms with van der Waals surface area (Å²) in [6, 6.07) is 1.78. The molecule has 1 rings (SSSR count). The van der Waals surface area contributed by atoms with Crippen molar-refractivity contribution in [1.82, 2.24) is 0 Å². The zero-order chi connectivity index (χ0) is 6.69. The van der Waals surface area contributed by atoms with Crippen molar-refractivity contribution in [2.75, 3.05) is 0 Å². The molecule has 0 unspecified atom stereocenters. The first-order valence-corrected chi connectivity index (χ1v) is 3.57. The Morgan fingerprint density at radius 2 is 2.56 bits per heavy atom. The van der Waals surface area contributed by atoms with E-state index in [1.165, 1.54) is 11.3 Å². The van der Waals surface area contributed by atoms with Crippen LogP contribution in [-0.2, 0) is 0 Å². The third kappa shape index (κ3) is 1.43. The summed E-state index contributed by atoms with van der Waals surface area (Å²) in [5.74, 6) is 0. The van der Waals surface area contributed by atoms with Crippen molar-refractivity contribution >= 4 is 28.1 Å². The van der Waals surface area contributed by atoms with Gasteiger partial charge in [-0.05, 0) is 11.4 Å². The highest BCUT2D eigenvalue weighted by Crippen LogP contribution is 2.08. The first-order chi connectivity index (χ1) is 4.34. The van der Waals surface area contributed by atoms with E-state index < -0.39 is 0 Å². The number of nitrogens with zero attached hydrogens (tertiary/aromatic N) is 1. The van der Waals surface area contributed by atoms with Gasteiger partial charge in [-0.1, -0.05) is 16.8 Å². The largest absolute Gasteiger partial charge is 0.410 e. The molecule has 0 amide bonds. The maximum Gasteiger partial charge on any atom is 0.176 e. The van der Waals surface area contributed by atoms with Gasteiger partial charge in [0.1, 0.15) is 0 Å². The fourth-order valence-electron chi connectivity index (χ4n) is 0.440. The molecule has 1 aromatic rings. The third-order valence-corrected chi connectivity index (χ3v) is 1.82. The number of thiophene rings is 1. The molecule has 0 saturated heterocycles. The van der Waals surface area contributed by atoms with Crippen LogP contribution in [0.2, 0.25) is 0 Å². The second-order valence-corrected chi connectivity index (χ2v) is 2.54. The predicted octanol–water partition coefficient (Wildman–Crippen LogP) is 2.12. The first-order valence-electron chi connectivity index (χ1n) is 2.24. The molecule has 0 aliphatic carbocycles. The minimum Gasteiger partial charge on any atom is -0.410 e. The lowest BCUT2D eigenvalue weighted by atomic mass is 10.4. The summed E-state index contributed by atoms with van der Waals surface area (Å²) < 4.78 is 0. The molecule has 1 aromatic heterocycles. The molecule has 1 heterocycles. The average Bonchev–Trinajstić information content (AvgIpc) is 2.37. The van der Waals surface area contributed by atoms with Crippen molar-refractivity contribution in [3.63, 3.8) is 0 Å². The van der Waals surface area contributed by atoms with E-state index in [-0.39, 0.29) is 5.17 Å². The lowest BCUT2D eigenvalue weighted by Crippen LogP contribution is -1.84. The molecule has 0 spiro atoms. The van der Waals surface area contributed by atoms with Gasteiger partial charge in [-0.2, -0.15) is 11.3 Å². The number of rotatable bonds is 1. The van der Waals surface area contributed by atoms with Gasteiger partial charge in [0.15, 0.2) is 5.17 Å². The van der Waals surface area contributed by atoms with Crippen molar-refractivity contribution < 1.29 is 5.21 Å². The minimum atomic E-state index is 0.135. The predicted molar refractivity (Wildman–Crippen MR) is 38.5 cm³/mol. The average molecular weight is 162 g/mol. The van der Waals surface area contributed by atoms with Crippen LogP contribution in [0.25, 0.3) is 0 Å². The van der Waals surface area contributed by atoms with E-state index in [1.807, 2.05) is 10.8 Å². The maximum absolute atomic E-state index is 8.17. The summed E-state index contributed by atoms with van der Waals surface area (Å²) in [4.78, 5) is 0. The van der Waals surface area contributed by atoms with Crippen LogP contribution in [-0.4, -0.2) is 10.4 Å². The molecule has 1 N–H and O–H groups in total. The van der Waals surface area contributed by atoms with Crippen LogP contribution < -0.4 is 0 Å². The van der Waals surface area contributed by atoms with E-state index in [4.69, 9.17) is 16.8 Å². The van der Waals surface area contributed by atoms with Crippen LogP contribution in [0.5, 0.6) is 0 Å². The van der Waals surface area contributed by atoms with E-state index in [0.29, 0.717) is 0 Å². The lowest BCUT2D eigenvalue weighted by Gasteiger charge is -1.84. The Bertz CT molecular complexity index is 207. The van der Waals surface area contributed by atoms with Crippen molar-refractivity contribution in [2.24, 2.45) is 5.16 Å². The van der Waals surface area contributed by atoms with E-state index >= 15 is 0 Å². The Morgan fingerprint density at radius 3 is 3.00 bits per heavy atom. The van der Waals surface area contributed by atoms with Crippen LogP contribution in [0.15, 0.2) is 22.0 Å². The van der Waals surface area contributed by atoms with Crippen LogP contribution in [0.3, 0.4) is 0 Å². The van der Waals surface area contributed by atoms with Crippen LogP contribution >= 0.6 is 22.9 Å². The Kier molecular flexibility index (Phi) is 2.08. The first kappa shape index (κ1) is 6.58. The second-order valence-electron chi connectivity index (χ2n) is 1.40. The fourth-order valence-corrected chi connectivity index (χ4v) is 1.26. The molecule has 0 saturated carbocycles. The Balaban J connectivity index is 2.90. The van der Waals surface area contributed by atoms with Crippen LogP contribution in [0, 0.1) is 0 Å². The molecule has 48 valence electrons. The van der Waals surface area contributed by atoms with Crippen molar-refractivity contribution in [3.8, 4) is 0 Å². The van der Waals surface area contributed by atoms with E-state index in [1.54, 1.807) is 6.07 Å². The highest BCUT2D eigenvalue weighted by atomic mass is 35.5. The number of hydrogen-bond acceptors (Lipinski definition) is 3. The lowest BCUT2D eigenvalue weighted by molar-refractivity contribution is 0.321. The molecule has 0 atom stereocenters. The molecule has 0 aliphatic rings. The van der Waals surface area contributed by atoms with Gasteiger partial charge in [0.25, 0.3) is 0 Å². The van der Waals surface area contributed by atoms with Gasteiger partial charge in [-0.15, -0.1) is 0 Å². The monoisotopic (exact) mass is 161 g/mol. The molecule has 0 aromatic carbocycles. The number of halogens is 1. The summed E-state index contributed by atoms with van der Waals surface area (Å²) >= 11 is 6.95. The second kappa shape index (κ2) is 2.85. The smallest absolute Gasteiger partial charge is 0.176 e. The Morgan fingerprint density at radius 1 is 1.78 bits per heavy atom. The third-order valence-electron chi connectivity index (χ3n) is 0.847. The zero-order valence-electron chi connectivity index (χ0n) is 4.41. The molecule has 2 nitrogen and oxygen atoms in total. The summed E-state index contributed by atoms with van der Waals surface area (Å²) in [6.07, 6.45) is 0. The SMILES string of the molecule is ON=C(Cl)c1ccsc1. The molecule has 0 bridgehead atoms. The molecule has 9 heavy (non-hydrogen) atoms. The Hall–Kier alpha value is -0.540. The van der Waals surface area contributed by atoms with E-state index in [2.05, 4.69) is 5.16 Å². The van der Waals surface area contributed by atoms with Crippen LogP contribution in [0.4, 0.5) is 0 Å². The quantitative estimate of drug-likeness (QED) is 0.382. The summed E-state index contributed by atoms with van der Waals surface area (Å²) in [5, 5.41) is 14.8. The van der Waals surface area contributed by atoms with Crippen molar-refractivity contribution in [3.05, 3.63) is 22.4 Å². The molecule has 0 radical (unpaired) electrons. The van der Waals surface area contributed by atoms with Gasteiger partial charge >= 0.3 is 0 Å². The maximum atomic E-state index is 8.17. The van der Waals surface area contributed by atoms with Gasteiger partial charge in [0.2, 0.25) is 0 Å². The number of oxime groups is 1. The summed E-state index contributed by atoms with van der Waals surface area (Å²) in [7, 11) is 0. The minimum absolute atomic E-state index is 0.135. The normalized spacial score (nSPS) is 11.9. The van der Waals surface area contributed by atoms with Crippen molar-refractivity contribution in [2.45, 2.75) is 0 Å². The summed E-state index contributed by atoms with van der Waals surface area (Å²) in [5.41, 5.74) is 0.754. The van der Waals surface area contributed by atoms with E-state index in [0.717, 1.165) is 5.56 Å². The molecular formula is C5H4ClNOS. The fraction of sp³-hybridized carbons (Fsp3) is 0. The zero-order valence-corrected chi connectivity index (χ0v) is 5.99. The molecule has 0 fully saturated rings. The van der Waals surface area contributed by atoms with E-state index in [9.17, 15) is 0 Å². The van der Waals surface area contributed by atoms with Gasteiger partial charge in [-0.3, -0.25) is 0 Å². The number of hydrogen-bond donors (Lipinski definition) is 1. The molecule has 0 aliphatic heterocycles. The topological polar surface area (TPSA) is 32.6 Å². The van der Waals surface area contributed by atoms with Gasteiger partial charge in [0, 0.05) is 10.9 Å². The van der Waals surface area contributed by atoms with Gasteiger partial charge in [0.05, 0.1) is 0 Å². The van der Waals surface area contributed by atoms with Gasteiger partial charge < -0.3 is 5.21 Å². The van der Waals surface area contributed by atoms with Crippen molar-refractivity contribution in [1.29, 1.82) is 0 Å². The molecular weight excluding hydrogens is 158 g/mol.